The molecular weight excluding hydrogens is 298 g/mol. The van der Waals surface area contributed by atoms with Crippen LogP contribution in [0, 0.1) is 0 Å². The first kappa shape index (κ1) is 14.7. The van der Waals surface area contributed by atoms with E-state index in [0.29, 0.717) is 0 Å². The number of carbonyl (C=O) groups excluding carboxylic acids is 2. The molecule has 0 fully saturated rings. The molecule has 0 saturated carbocycles. The number of nitrogens with one attached hydrogen (secondary N) is 3. The number of hydrogen-bond acceptors (Lipinski definition) is 3. The van der Waals surface area contributed by atoms with Crippen LogP contribution >= 0.6 is 15.9 Å². The fourth-order valence-corrected chi connectivity index (χ4v) is 1.79. The smallest absolute Gasteiger partial charge is 0.321 e. The minimum absolute atomic E-state index is 0.0259. The maximum atomic E-state index is 11.4. The first-order valence-electron chi connectivity index (χ1n) is 5.53. The highest BCUT2D eigenvalue weighted by Gasteiger charge is 2.09. The third kappa shape index (κ3) is 4.85. The van der Waals surface area contributed by atoms with E-state index in [1.165, 1.54) is 7.05 Å². The van der Waals surface area contributed by atoms with Crippen molar-refractivity contribution in [2.24, 2.45) is 0 Å². The van der Waals surface area contributed by atoms with Crippen LogP contribution in [0.25, 0.3) is 0 Å². The highest BCUT2D eigenvalue weighted by molar-refractivity contribution is 9.10. The lowest BCUT2D eigenvalue weighted by Crippen LogP contribution is -2.42. The summed E-state index contributed by atoms with van der Waals surface area (Å²) in [5, 5.41) is 7.55. The summed E-state index contributed by atoms with van der Waals surface area (Å²) in [4.78, 5) is 22.3. The molecule has 0 aromatic heterocycles. The van der Waals surface area contributed by atoms with Crippen LogP contribution in [0.1, 0.15) is 18.5 Å². The minimum Gasteiger partial charge on any atom is -0.341 e. The molecule has 1 aromatic rings. The molecule has 0 bridgehead atoms. The Bertz CT molecular complexity index is 437. The van der Waals surface area contributed by atoms with Gasteiger partial charge in [0.15, 0.2) is 0 Å². The fourth-order valence-electron chi connectivity index (χ4n) is 1.37. The van der Waals surface area contributed by atoms with E-state index in [4.69, 9.17) is 0 Å². The monoisotopic (exact) mass is 313 g/mol. The predicted octanol–water partition coefficient (Wildman–Crippen LogP) is 1.56. The standard InChI is InChI=1S/C12H16BrN3O2/c1-8(9-4-3-5-10(13)6-9)15-7-11(17)16-12(18)14-2/h3-6,8,15H,7H2,1-2H3,(H2,14,16,17,18). The number of halogens is 1. The van der Waals surface area contributed by atoms with Crippen molar-refractivity contribution in [1.29, 1.82) is 0 Å². The summed E-state index contributed by atoms with van der Waals surface area (Å²) in [5.41, 5.74) is 1.07. The SMILES string of the molecule is CNC(=O)NC(=O)CNC(C)c1cccc(Br)c1. The van der Waals surface area contributed by atoms with E-state index in [0.717, 1.165) is 10.0 Å². The highest BCUT2D eigenvalue weighted by atomic mass is 79.9. The van der Waals surface area contributed by atoms with Crippen molar-refractivity contribution < 1.29 is 9.59 Å². The molecule has 0 aliphatic rings. The Morgan fingerprint density at radius 2 is 2.11 bits per heavy atom. The lowest BCUT2D eigenvalue weighted by atomic mass is 10.1. The summed E-state index contributed by atoms with van der Waals surface area (Å²) in [6.45, 7) is 2.04. The van der Waals surface area contributed by atoms with E-state index < -0.39 is 6.03 Å². The molecule has 0 aliphatic carbocycles. The Morgan fingerprint density at radius 3 is 2.72 bits per heavy atom. The Kier molecular flexibility index (Phi) is 5.80. The van der Waals surface area contributed by atoms with Crippen molar-refractivity contribution in [2.45, 2.75) is 13.0 Å². The molecule has 1 aromatic carbocycles. The third-order valence-corrected chi connectivity index (χ3v) is 2.89. The van der Waals surface area contributed by atoms with Gasteiger partial charge in [-0.15, -0.1) is 0 Å². The van der Waals surface area contributed by atoms with Gasteiger partial charge in [-0.2, -0.15) is 0 Å². The van der Waals surface area contributed by atoms with Crippen molar-refractivity contribution in [1.82, 2.24) is 16.0 Å². The second kappa shape index (κ2) is 7.13. The van der Waals surface area contributed by atoms with Gasteiger partial charge in [0.05, 0.1) is 6.54 Å². The Labute approximate surface area is 114 Å². The summed E-state index contributed by atoms with van der Waals surface area (Å²) in [5.74, 6) is -0.365. The van der Waals surface area contributed by atoms with Crippen molar-refractivity contribution >= 4 is 27.9 Å². The second-order valence-corrected chi connectivity index (χ2v) is 4.70. The van der Waals surface area contributed by atoms with Gasteiger partial charge in [0, 0.05) is 17.6 Å². The van der Waals surface area contributed by atoms with Crippen LogP contribution in [0.4, 0.5) is 4.79 Å². The van der Waals surface area contributed by atoms with E-state index in [1.54, 1.807) is 0 Å². The molecule has 1 unspecified atom stereocenters. The Morgan fingerprint density at radius 1 is 1.39 bits per heavy atom. The topological polar surface area (TPSA) is 70.2 Å². The summed E-state index contributed by atoms with van der Waals surface area (Å²) >= 11 is 3.39. The molecule has 18 heavy (non-hydrogen) atoms. The Balaban J connectivity index is 2.44. The van der Waals surface area contributed by atoms with Gasteiger partial charge in [-0.3, -0.25) is 10.1 Å². The molecule has 0 aliphatic heterocycles. The summed E-state index contributed by atoms with van der Waals surface area (Å²) in [6, 6.07) is 7.35. The van der Waals surface area contributed by atoms with E-state index in [1.807, 2.05) is 31.2 Å². The number of hydrogen-bond donors (Lipinski definition) is 3. The first-order valence-corrected chi connectivity index (χ1v) is 6.32. The highest BCUT2D eigenvalue weighted by Crippen LogP contribution is 2.17. The lowest BCUT2D eigenvalue weighted by molar-refractivity contribution is -0.119. The van der Waals surface area contributed by atoms with E-state index >= 15 is 0 Å². The first-order chi connectivity index (χ1) is 8.52. The molecule has 0 saturated heterocycles. The lowest BCUT2D eigenvalue weighted by Gasteiger charge is -2.14. The maximum absolute atomic E-state index is 11.4. The van der Waals surface area contributed by atoms with Crippen LogP contribution < -0.4 is 16.0 Å². The zero-order chi connectivity index (χ0) is 13.5. The number of rotatable bonds is 4. The molecule has 3 N–H and O–H groups in total. The quantitative estimate of drug-likeness (QED) is 0.790. The number of imide groups is 1. The van der Waals surface area contributed by atoms with Gasteiger partial charge >= 0.3 is 6.03 Å². The molecule has 6 heteroatoms. The van der Waals surface area contributed by atoms with Crippen LogP contribution in [-0.4, -0.2) is 25.5 Å². The van der Waals surface area contributed by atoms with E-state index in [-0.39, 0.29) is 18.5 Å². The predicted molar refractivity (Wildman–Crippen MR) is 73.2 cm³/mol. The van der Waals surface area contributed by atoms with Crippen molar-refractivity contribution in [2.75, 3.05) is 13.6 Å². The van der Waals surface area contributed by atoms with Crippen molar-refractivity contribution in [3.05, 3.63) is 34.3 Å². The van der Waals surface area contributed by atoms with E-state index in [9.17, 15) is 9.59 Å². The molecule has 0 spiro atoms. The average Bonchev–Trinajstić information content (AvgIpc) is 2.35. The van der Waals surface area contributed by atoms with Gasteiger partial charge in [0.2, 0.25) is 5.91 Å². The minimum atomic E-state index is -0.503. The third-order valence-electron chi connectivity index (χ3n) is 2.40. The molecule has 98 valence electrons. The molecular formula is C12H16BrN3O2. The fraction of sp³-hybridized carbons (Fsp3) is 0.333. The van der Waals surface area contributed by atoms with Gasteiger partial charge in [-0.25, -0.2) is 4.79 Å². The zero-order valence-electron chi connectivity index (χ0n) is 10.3. The molecule has 5 nitrogen and oxygen atoms in total. The van der Waals surface area contributed by atoms with Gasteiger partial charge in [-0.1, -0.05) is 28.1 Å². The summed E-state index contributed by atoms with van der Waals surface area (Å²) < 4.78 is 0.989. The number of benzene rings is 1. The van der Waals surface area contributed by atoms with Crippen LogP contribution in [0.3, 0.4) is 0 Å². The van der Waals surface area contributed by atoms with Gasteiger partial charge in [0.25, 0.3) is 0 Å². The molecule has 0 heterocycles. The molecule has 0 radical (unpaired) electrons. The Hall–Kier alpha value is -1.40. The zero-order valence-corrected chi connectivity index (χ0v) is 11.9. The van der Waals surface area contributed by atoms with Gasteiger partial charge in [-0.05, 0) is 24.6 Å². The van der Waals surface area contributed by atoms with Crippen LogP contribution in [0.5, 0.6) is 0 Å². The number of urea groups is 1. The van der Waals surface area contributed by atoms with Crippen LogP contribution in [0.2, 0.25) is 0 Å². The number of carbonyl (C=O) groups is 2. The van der Waals surface area contributed by atoms with Crippen LogP contribution in [-0.2, 0) is 4.79 Å². The molecule has 1 rings (SSSR count). The molecule has 1 atom stereocenters. The average molecular weight is 314 g/mol. The maximum Gasteiger partial charge on any atom is 0.321 e. The largest absolute Gasteiger partial charge is 0.341 e. The van der Waals surface area contributed by atoms with Gasteiger partial charge < -0.3 is 10.6 Å². The summed E-state index contributed by atoms with van der Waals surface area (Å²) in [7, 11) is 1.46. The normalized spacial score (nSPS) is 11.7. The van der Waals surface area contributed by atoms with Crippen molar-refractivity contribution in [3.63, 3.8) is 0 Å². The second-order valence-electron chi connectivity index (χ2n) is 3.78. The number of amides is 3. The molecule has 3 amide bonds. The van der Waals surface area contributed by atoms with Gasteiger partial charge in [0.1, 0.15) is 0 Å². The van der Waals surface area contributed by atoms with E-state index in [2.05, 4.69) is 31.9 Å². The van der Waals surface area contributed by atoms with Crippen molar-refractivity contribution in [3.8, 4) is 0 Å². The summed E-state index contributed by atoms with van der Waals surface area (Å²) in [6.07, 6.45) is 0. The van der Waals surface area contributed by atoms with Crippen LogP contribution in [0.15, 0.2) is 28.7 Å².